The van der Waals surface area contributed by atoms with Crippen LogP contribution in [0.25, 0.3) is 0 Å². The number of carbonyl (C=O) groups excluding carboxylic acids is 1. The molecule has 110 valence electrons. The van der Waals surface area contributed by atoms with Gasteiger partial charge in [0.25, 0.3) is 0 Å². The maximum absolute atomic E-state index is 11.6. The summed E-state index contributed by atoms with van der Waals surface area (Å²) in [6, 6.07) is 1.22. The molecule has 0 aliphatic carbocycles. The minimum absolute atomic E-state index is 0.0522. The van der Waals surface area contributed by atoms with Crippen molar-refractivity contribution in [3.05, 3.63) is 17.8 Å². The van der Waals surface area contributed by atoms with E-state index < -0.39 is 15.8 Å². The lowest BCUT2D eigenvalue weighted by Gasteiger charge is -2.24. The highest BCUT2D eigenvalue weighted by Crippen LogP contribution is 2.23. The molecule has 1 aliphatic heterocycles. The second-order valence-electron chi connectivity index (χ2n) is 4.71. The number of nitrogen functional groups attached to an aromatic ring is 1. The number of hydrogen-bond acceptors (Lipinski definition) is 7. The normalized spacial score (nSPS) is 21.1. The summed E-state index contributed by atoms with van der Waals surface area (Å²) < 4.78 is 27.8. The molecule has 8 heteroatoms. The number of sulfone groups is 1. The van der Waals surface area contributed by atoms with Gasteiger partial charge in [-0.05, 0) is 18.9 Å². The third-order valence-electron chi connectivity index (χ3n) is 3.20. The summed E-state index contributed by atoms with van der Waals surface area (Å²) in [5, 5.41) is 3.00. The molecule has 7 nitrogen and oxygen atoms in total. The molecule has 1 unspecified atom stereocenters. The molecule has 3 N–H and O–H groups in total. The van der Waals surface area contributed by atoms with Crippen LogP contribution in [0.1, 0.15) is 23.2 Å². The molecule has 1 saturated heterocycles. The molecule has 0 amide bonds. The first-order chi connectivity index (χ1) is 9.43. The summed E-state index contributed by atoms with van der Waals surface area (Å²) in [7, 11) is -1.75. The molecular weight excluding hydrogens is 282 g/mol. The van der Waals surface area contributed by atoms with Gasteiger partial charge < -0.3 is 15.8 Å². The minimum Gasteiger partial charge on any atom is -0.465 e. The Kier molecular flexibility index (Phi) is 4.12. The van der Waals surface area contributed by atoms with E-state index in [2.05, 4.69) is 15.0 Å². The number of nitrogens with two attached hydrogens (primary N) is 1. The molecule has 1 atom stereocenters. The van der Waals surface area contributed by atoms with Crippen molar-refractivity contribution in [1.29, 1.82) is 0 Å². The lowest BCUT2D eigenvalue weighted by molar-refractivity contribution is 0.0602. The fourth-order valence-electron chi connectivity index (χ4n) is 2.21. The zero-order valence-corrected chi connectivity index (χ0v) is 11.9. The van der Waals surface area contributed by atoms with Gasteiger partial charge in [0.15, 0.2) is 9.84 Å². The monoisotopic (exact) mass is 299 g/mol. The van der Waals surface area contributed by atoms with Gasteiger partial charge in [0.05, 0.1) is 29.9 Å². The average molecular weight is 299 g/mol. The number of carbonyl (C=O) groups is 1. The van der Waals surface area contributed by atoms with E-state index in [1.165, 1.54) is 19.4 Å². The average Bonchev–Trinajstić information content (AvgIpc) is 2.39. The molecule has 0 spiro atoms. The molecule has 1 aromatic rings. The van der Waals surface area contributed by atoms with Gasteiger partial charge >= 0.3 is 5.97 Å². The molecular formula is C12H17N3O4S. The molecule has 0 radical (unpaired) electrons. The van der Waals surface area contributed by atoms with Gasteiger partial charge in [0, 0.05) is 12.2 Å². The van der Waals surface area contributed by atoms with Gasteiger partial charge in [-0.25, -0.2) is 18.2 Å². The van der Waals surface area contributed by atoms with E-state index in [1.54, 1.807) is 0 Å². The van der Waals surface area contributed by atoms with Crippen LogP contribution in [0.15, 0.2) is 12.3 Å². The first-order valence-electron chi connectivity index (χ1n) is 6.22. The van der Waals surface area contributed by atoms with Gasteiger partial charge in [-0.1, -0.05) is 0 Å². The number of anilines is 2. The first-order valence-corrected chi connectivity index (χ1v) is 8.05. The second-order valence-corrected chi connectivity index (χ2v) is 6.94. The predicted octanol–water partition coefficient (Wildman–Crippen LogP) is 0.439. The Hall–Kier alpha value is -1.83. The summed E-state index contributed by atoms with van der Waals surface area (Å²) in [6.45, 7) is 0. The van der Waals surface area contributed by atoms with Crippen molar-refractivity contribution in [2.24, 2.45) is 0 Å². The summed E-state index contributed by atoms with van der Waals surface area (Å²) in [4.78, 5) is 15.6. The van der Waals surface area contributed by atoms with Crippen molar-refractivity contribution in [1.82, 2.24) is 4.98 Å². The quantitative estimate of drug-likeness (QED) is 0.779. The van der Waals surface area contributed by atoms with Gasteiger partial charge in [-0.15, -0.1) is 0 Å². The zero-order chi connectivity index (χ0) is 14.8. The van der Waals surface area contributed by atoms with Crippen LogP contribution in [0.2, 0.25) is 0 Å². The van der Waals surface area contributed by atoms with Crippen LogP contribution in [0.3, 0.4) is 0 Å². The maximum Gasteiger partial charge on any atom is 0.340 e. The van der Waals surface area contributed by atoms with Gasteiger partial charge in [0.1, 0.15) is 5.82 Å². The molecule has 2 heterocycles. The molecule has 1 fully saturated rings. The molecule has 2 rings (SSSR count). The number of nitrogens with zero attached hydrogens (tertiary/aromatic N) is 1. The standard InChI is InChI=1S/C12H17N3O4S/c1-19-12(16)9-4-5-14-11(10(9)13)15-8-3-2-6-20(17,18)7-8/h4-5,8H,2-3,6-7,13H2,1H3,(H,14,15). The Morgan fingerprint density at radius 1 is 1.55 bits per heavy atom. The third kappa shape index (κ3) is 3.19. The van der Waals surface area contributed by atoms with Gasteiger partial charge in [-0.3, -0.25) is 0 Å². The molecule has 0 bridgehead atoms. The van der Waals surface area contributed by atoms with Crippen LogP contribution < -0.4 is 11.1 Å². The molecule has 1 aliphatic rings. The largest absolute Gasteiger partial charge is 0.465 e. The number of ether oxygens (including phenoxy) is 1. The highest BCUT2D eigenvalue weighted by atomic mass is 32.2. The predicted molar refractivity (Wildman–Crippen MR) is 75.3 cm³/mol. The highest BCUT2D eigenvalue weighted by Gasteiger charge is 2.26. The van der Waals surface area contributed by atoms with Crippen molar-refractivity contribution in [3.8, 4) is 0 Å². The smallest absolute Gasteiger partial charge is 0.340 e. The van der Waals surface area contributed by atoms with E-state index >= 15 is 0 Å². The third-order valence-corrected chi connectivity index (χ3v) is 5.02. The Bertz CT molecular complexity index is 615. The SMILES string of the molecule is COC(=O)c1ccnc(NC2CCCS(=O)(=O)C2)c1N. The van der Waals surface area contributed by atoms with Gasteiger partial charge in [-0.2, -0.15) is 0 Å². The van der Waals surface area contributed by atoms with Crippen molar-refractivity contribution in [2.75, 3.05) is 29.7 Å². The van der Waals surface area contributed by atoms with E-state index in [0.29, 0.717) is 12.2 Å². The van der Waals surface area contributed by atoms with E-state index in [0.717, 1.165) is 6.42 Å². The molecule has 20 heavy (non-hydrogen) atoms. The number of nitrogens with one attached hydrogen (secondary N) is 1. The summed E-state index contributed by atoms with van der Waals surface area (Å²) >= 11 is 0. The van der Waals surface area contributed by atoms with Crippen molar-refractivity contribution in [2.45, 2.75) is 18.9 Å². The van der Waals surface area contributed by atoms with E-state index in [-0.39, 0.29) is 28.8 Å². The van der Waals surface area contributed by atoms with Crippen LogP contribution in [0, 0.1) is 0 Å². The maximum atomic E-state index is 11.6. The minimum atomic E-state index is -3.02. The van der Waals surface area contributed by atoms with Crippen LogP contribution in [0.5, 0.6) is 0 Å². The summed E-state index contributed by atoms with van der Waals surface area (Å²) in [5.41, 5.74) is 6.25. The lowest BCUT2D eigenvalue weighted by Crippen LogP contribution is -2.35. The highest BCUT2D eigenvalue weighted by molar-refractivity contribution is 7.91. The fourth-order valence-corrected chi connectivity index (χ4v) is 3.84. The van der Waals surface area contributed by atoms with Crippen LogP contribution in [0.4, 0.5) is 11.5 Å². The fraction of sp³-hybridized carbons (Fsp3) is 0.500. The Labute approximate surface area is 117 Å². The van der Waals surface area contributed by atoms with Crippen molar-refractivity contribution < 1.29 is 17.9 Å². The van der Waals surface area contributed by atoms with E-state index in [9.17, 15) is 13.2 Å². The van der Waals surface area contributed by atoms with E-state index in [1.807, 2.05) is 0 Å². The van der Waals surface area contributed by atoms with Crippen LogP contribution in [-0.4, -0.2) is 44.0 Å². The van der Waals surface area contributed by atoms with E-state index in [4.69, 9.17) is 5.73 Å². The van der Waals surface area contributed by atoms with Crippen molar-refractivity contribution in [3.63, 3.8) is 0 Å². The number of rotatable bonds is 3. The zero-order valence-electron chi connectivity index (χ0n) is 11.1. The topological polar surface area (TPSA) is 111 Å². The van der Waals surface area contributed by atoms with Gasteiger partial charge in [0.2, 0.25) is 0 Å². The first kappa shape index (κ1) is 14.6. The Morgan fingerprint density at radius 2 is 2.30 bits per heavy atom. The number of hydrogen-bond donors (Lipinski definition) is 2. The van der Waals surface area contributed by atoms with Crippen LogP contribution >= 0.6 is 0 Å². The summed E-state index contributed by atoms with van der Waals surface area (Å²) in [6.07, 6.45) is 2.77. The molecule has 0 aromatic carbocycles. The lowest BCUT2D eigenvalue weighted by atomic mass is 10.1. The Balaban J connectivity index is 2.20. The molecule has 1 aromatic heterocycles. The molecule has 0 saturated carbocycles. The number of methoxy groups -OCH3 is 1. The van der Waals surface area contributed by atoms with Crippen LogP contribution in [-0.2, 0) is 14.6 Å². The number of pyridine rings is 1. The number of esters is 1. The van der Waals surface area contributed by atoms with Crippen molar-refractivity contribution >= 4 is 27.3 Å². The Morgan fingerprint density at radius 3 is 2.95 bits per heavy atom. The number of aromatic nitrogens is 1. The summed E-state index contributed by atoms with van der Waals surface area (Å²) in [5.74, 6) is 0.0339. The second kappa shape index (κ2) is 5.66.